The summed E-state index contributed by atoms with van der Waals surface area (Å²) in [6.45, 7) is 6.73. The molecule has 0 aliphatic rings. The number of allylic oxidation sites excluding steroid dienone is 13. The van der Waals surface area contributed by atoms with E-state index < -0.39 is 26.6 Å². The van der Waals surface area contributed by atoms with Crippen LogP contribution in [-0.2, 0) is 27.9 Å². The second-order valence-corrected chi connectivity index (χ2v) is 26.1. The first-order chi connectivity index (χ1) is 40.4. The highest BCUT2D eigenvalue weighted by Crippen LogP contribution is 2.38. The van der Waals surface area contributed by atoms with Crippen molar-refractivity contribution in [3.8, 4) is 0 Å². The van der Waals surface area contributed by atoms with E-state index in [0.29, 0.717) is 17.4 Å². The van der Waals surface area contributed by atoms with Gasteiger partial charge in [0.05, 0.1) is 33.8 Å². The van der Waals surface area contributed by atoms with Crippen LogP contribution in [0.5, 0.6) is 0 Å². The molecule has 0 fully saturated rings. The summed E-state index contributed by atoms with van der Waals surface area (Å²) < 4.78 is 30.4. The van der Waals surface area contributed by atoms with Gasteiger partial charge in [0.2, 0.25) is 5.91 Å². The predicted molar refractivity (Wildman–Crippen MR) is 358 cm³/mol. The van der Waals surface area contributed by atoms with Crippen molar-refractivity contribution in [2.24, 2.45) is 0 Å². The summed E-state index contributed by atoms with van der Waals surface area (Å²) >= 11 is 0. The standard InChI is InChI=1S/C73H133N2O7P/c1-7-10-13-16-19-22-25-28-30-32-34-36-37-39-41-43-45-48-51-54-57-60-63-66-73(77)82-71(64-61-58-55-52-49-46-27-24-21-18-15-12-9-3)70(69-81-83(78,79)80-68-67-75(4,5)6)74-72(76)65-62-59-56-53-50-47-44-42-40-38-35-33-31-29-26-23-20-17-14-11-8-2/h11,14,20,23,29,31,35,38,42,44,50,53,61,64,70-71H,7-10,12-13,15-19,21-22,24-28,30,32-34,36-37,39-41,43,45-49,51-52,54-60,62-63,65-69H2,1-6H3,(H-,74,76,78,79)/b14-11-,23-20-,31-29-,38-35-,44-42-,53-50-,64-61+. The van der Waals surface area contributed by atoms with Crippen molar-refractivity contribution >= 4 is 19.7 Å². The van der Waals surface area contributed by atoms with Gasteiger partial charge < -0.3 is 28.5 Å². The van der Waals surface area contributed by atoms with Crippen LogP contribution in [0.15, 0.2) is 85.1 Å². The minimum atomic E-state index is -4.72. The minimum Gasteiger partial charge on any atom is -0.756 e. The molecule has 1 N–H and O–H groups in total. The number of hydrogen-bond acceptors (Lipinski definition) is 7. The Morgan fingerprint density at radius 3 is 1.17 bits per heavy atom. The summed E-state index contributed by atoms with van der Waals surface area (Å²) in [5, 5.41) is 3.02. The van der Waals surface area contributed by atoms with E-state index in [9.17, 15) is 19.0 Å². The van der Waals surface area contributed by atoms with Gasteiger partial charge in [-0.3, -0.25) is 14.2 Å². The molecule has 0 bridgehead atoms. The fourth-order valence-electron chi connectivity index (χ4n) is 10.00. The monoisotopic (exact) mass is 1180 g/mol. The van der Waals surface area contributed by atoms with E-state index in [1.54, 1.807) is 0 Å². The molecule has 3 atom stereocenters. The molecule has 9 nitrogen and oxygen atoms in total. The largest absolute Gasteiger partial charge is 0.756 e. The van der Waals surface area contributed by atoms with Gasteiger partial charge in [-0.05, 0) is 83.1 Å². The molecule has 0 aliphatic carbocycles. The maximum Gasteiger partial charge on any atom is 0.306 e. The quantitative estimate of drug-likeness (QED) is 0.0212. The number of esters is 1. The summed E-state index contributed by atoms with van der Waals surface area (Å²) in [6, 6.07) is -0.915. The third-order valence-corrected chi connectivity index (χ3v) is 16.3. The molecule has 1 amide bonds. The van der Waals surface area contributed by atoms with Crippen molar-refractivity contribution < 1.29 is 37.3 Å². The van der Waals surface area contributed by atoms with Crippen LogP contribution in [0.4, 0.5) is 0 Å². The SMILES string of the molecule is CC/C=C\C/C=C\C/C=C\C/C=C\C/C=C\C/C=C\CCCCC(=O)NC(COP(=O)([O-])OCC[N+](C)(C)C)C(/C=C/CCCCCCCCCCCCC)OC(=O)CCCCCCCCCCCCCCCCCCCCCCCCC. The van der Waals surface area contributed by atoms with Crippen LogP contribution in [0.2, 0.25) is 0 Å². The number of phosphoric acid groups is 1. The van der Waals surface area contributed by atoms with Crippen LogP contribution in [0, 0.1) is 0 Å². The molecule has 83 heavy (non-hydrogen) atoms. The lowest BCUT2D eigenvalue weighted by Crippen LogP contribution is -2.47. The van der Waals surface area contributed by atoms with Gasteiger partial charge in [0.1, 0.15) is 19.3 Å². The topological polar surface area (TPSA) is 114 Å². The van der Waals surface area contributed by atoms with Crippen LogP contribution < -0.4 is 10.2 Å². The van der Waals surface area contributed by atoms with Crippen molar-refractivity contribution in [2.45, 2.75) is 328 Å². The van der Waals surface area contributed by atoms with Crippen molar-refractivity contribution in [3.63, 3.8) is 0 Å². The number of carbonyl (C=O) groups is 2. The molecule has 482 valence electrons. The number of nitrogens with zero attached hydrogens (tertiary/aromatic N) is 1. The first-order valence-corrected chi connectivity index (χ1v) is 36.4. The van der Waals surface area contributed by atoms with Crippen LogP contribution in [-0.4, -0.2) is 69.4 Å². The van der Waals surface area contributed by atoms with Gasteiger partial charge in [-0.2, -0.15) is 0 Å². The molecule has 0 aromatic rings. The summed E-state index contributed by atoms with van der Waals surface area (Å²) in [5.41, 5.74) is 0. The maximum absolute atomic E-state index is 13.6. The Hall–Kier alpha value is -2.81. The second-order valence-electron chi connectivity index (χ2n) is 24.7. The fraction of sp³-hybridized carbons (Fsp3) is 0.781. The zero-order valence-electron chi connectivity index (χ0n) is 55.1. The second kappa shape index (κ2) is 62.2. The molecule has 0 aromatic heterocycles. The van der Waals surface area contributed by atoms with Crippen molar-refractivity contribution in [1.29, 1.82) is 0 Å². The van der Waals surface area contributed by atoms with Crippen molar-refractivity contribution in [2.75, 3.05) is 40.9 Å². The molecule has 0 radical (unpaired) electrons. The number of carbonyl (C=O) groups excluding carboxylic acids is 2. The summed E-state index contributed by atoms with van der Waals surface area (Å²) in [4.78, 5) is 40.2. The maximum atomic E-state index is 13.6. The third-order valence-electron chi connectivity index (χ3n) is 15.3. The molecule has 0 spiro atoms. The zero-order chi connectivity index (χ0) is 60.7. The van der Waals surface area contributed by atoms with E-state index in [4.69, 9.17) is 13.8 Å². The van der Waals surface area contributed by atoms with Crippen LogP contribution in [0.1, 0.15) is 316 Å². The lowest BCUT2D eigenvalue weighted by Gasteiger charge is -2.30. The number of likely N-dealkylation sites (N-methyl/N-ethyl adjacent to an activating group) is 1. The van der Waals surface area contributed by atoms with Gasteiger partial charge in [-0.15, -0.1) is 0 Å². The molecular formula is C73H133N2O7P. The molecule has 3 unspecified atom stereocenters. The van der Waals surface area contributed by atoms with Crippen LogP contribution in [0.25, 0.3) is 0 Å². The average Bonchev–Trinajstić information content (AvgIpc) is 3.46. The number of unbranched alkanes of at least 4 members (excludes halogenated alkanes) is 35. The molecule has 0 aliphatic heterocycles. The molecule has 0 heterocycles. The van der Waals surface area contributed by atoms with E-state index in [1.165, 1.54) is 186 Å². The smallest absolute Gasteiger partial charge is 0.306 e. The summed E-state index contributed by atoms with van der Waals surface area (Å²) in [6.07, 6.45) is 82.8. The van der Waals surface area contributed by atoms with E-state index in [-0.39, 0.29) is 31.3 Å². The van der Waals surface area contributed by atoms with Crippen LogP contribution in [0.3, 0.4) is 0 Å². The minimum absolute atomic E-state index is 0.0328. The van der Waals surface area contributed by atoms with Crippen molar-refractivity contribution in [3.05, 3.63) is 85.1 Å². The first-order valence-electron chi connectivity index (χ1n) is 34.9. The Balaban J connectivity index is 5.20. The van der Waals surface area contributed by atoms with E-state index in [0.717, 1.165) is 89.9 Å². The molecule has 0 saturated heterocycles. The lowest BCUT2D eigenvalue weighted by molar-refractivity contribution is -0.870. The van der Waals surface area contributed by atoms with Gasteiger partial charge in [-0.25, -0.2) is 0 Å². The fourth-order valence-corrected chi connectivity index (χ4v) is 10.7. The Labute approximate surface area is 514 Å². The van der Waals surface area contributed by atoms with E-state index in [2.05, 4.69) is 99.0 Å². The first kappa shape index (κ1) is 80.2. The molecule has 10 heteroatoms. The van der Waals surface area contributed by atoms with Gasteiger partial charge in [0.15, 0.2) is 0 Å². The molecule has 0 saturated carbocycles. The normalized spacial score (nSPS) is 14.1. The Kier molecular flexibility index (Phi) is 60.1. The van der Waals surface area contributed by atoms with Crippen LogP contribution >= 0.6 is 7.82 Å². The molecule has 0 rings (SSSR count). The number of nitrogens with one attached hydrogen (secondary N) is 1. The molecular weight excluding hydrogens is 1050 g/mol. The number of amides is 1. The van der Waals surface area contributed by atoms with E-state index >= 15 is 0 Å². The number of ether oxygens (including phenoxy) is 1. The van der Waals surface area contributed by atoms with Gasteiger partial charge in [-0.1, -0.05) is 305 Å². The number of hydrogen-bond donors (Lipinski definition) is 1. The highest BCUT2D eigenvalue weighted by Gasteiger charge is 2.27. The van der Waals surface area contributed by atoms with Crippen molar-refractivity contribution in [1.82, 2.24) is 5.32 Å². The summed E-state index contributed by atoms with van der Waals surface area (Å²) in [5.74, 6) is -0.583. The van der Waals surface area contributed by atoms with Gasteiger partial charge >= 0.3 is 5.97 Å². The Morgan fingerprint density at radius 1 is 0.434 bits per heavy atom. The zero-order valence-corrected chi connectivity index (χ0v) is 56.0. The predicted octanol–water partition coefficient (Wildman–Crippen LogP) is 21.5. The highest BCUT2D eigenvalue weighted by atomic mass is 31.2. The number of rotatable bonds is 63. The Morgan fingerprint density at radius 2 is 0.771 bits per heavy atom. The number of quaternary nitrogens is 1. The van der Waals surface area contributed by atoms with Gasteiger partial charge in [0, 0.05) is 12.8 Å². The van der Waals surface area contributed by atoms with Gasteiger partial charge in [0.25, 0.3) is 7.82 Å². The Bertz CT molecular complexity index is 1700. The third kappa shape index (κ3) is 63.5. The lowest BCUT2D eigenvalue weighted by atomic mass is 10.0. The highest BCUT2D eigenvalue weighted by molar-refractivity contribution is 7.45. The summed E-state index contributed by atoms with van der Waals surface area (Å²) in [7, 11) is 1.16. The average molecular weight is 1180 g/mol. The van der Waals surface area contributed by atoms with E-state index in [1.807, 2.05) is 33.3 Å². The number of phosphoric ester groups is 1. The molecule has 0 aromatic carbocycles.